The average molecular weight is 260 g/mol. The predicted octanol–water partition coefficient (Wildman–Crippen LogP) is 1.60. The summed E-state index contributed by atoms with van der Waals surface area (Å²) in [6.45, 7) is 5.67. The molecule has 6 nitrogen and oxygen atoms in total. The smallest absolute Gasteiger partial charge is 0.224 e. The molecule has 2 heterocycles. The Balaban J connectivity index is 1.93. The Kier molecular flexibility index (Phi) is 4.33. The molecular formula is C13H20N6. The SMILES string of the molecule is CCNc1ncc(C)c(NCCc2cnn(C)c2)n1. The first-order valence-corrected chi connectivity index (χ1v) is 6.48. The second kappa shape index (κ2) is 6.17. The third-order valence-electron chi connectivity index (χ3n) is 2.77. The van der Waals surface area contributed by atoms with Crippen molar-refractivity contribution in [1.82, 2.24) is 19.7 Å². The van der Waals surface area contributed by atoms with Crippen molar-refractivity contribution in [3.63, 3.8) is 0 Å². The van der Waals surface area contributed by atoms with Crippen molar-refractivity contribution in [2.24, 2.45) is 7.05 Å². The topological polar surface area (TPSA) is 67.7 Å². The molecule has 0 atom stereocenters. The number of hydrogen-bond donors (Lipinski definition) is 2. The van der Waals surface area contributed by atoms with E-state index in [1.54, 1.807) is 0 Å². The minimum absolute atomic E-state index is 0.664. The molecule has 0 radical (unpaired) electrons. The van der Waals surface area contributed by atoms with Gasteiger partial charge in [-0.1, -0.05) is 0 Å². The Labute approximate surface area is 113 Å². The molecule has 0 saturated heterocycles. The van der Waals surface area contributed by atoms with Crippen molar-refractivity contribution in [3.8, 4) is 0 Å². The van der Waals surface area contributed by atoms with Gasteiger partial charge in [-0.2, -0.15) is 10.1 Å². The van der Waals surface area contributed by atoms with E-state index in [-0.39, 0.29) is 0 Å². The summed E-state index contributed by atoms with van der Waals surface area (Å²) in [6.07, 6.45) is 6.67. The van der Waals surface area contributed by atoms with E-state index in [9.17, 15) is 0 Å². The Hall–Kier alpha value is -2.11. The van der Waals surface area contributed by atoms with Crippen LogP contribution in [0.15, 0.2) is 18.6 Å². The highest BCUT2D eigenvalue weighted by Crippen LogP contribution is 2.12. The van der Waals surface area contributed by atoms with Crippen LogP contribution in [0.1, 0.15) is 18.1 Å². The Morgan fingerprint density at radius 1 is 1.26 bits per heavy atom. The first-order valence-electron chi connectivity index (χ1n) is 6.48. The molecule has 2 N–H and O–H groups in total. The Morgan fingerprint density at radius 2 is 2.11 bits per heavy atom. The highest BCUT2D eigenvalue weighted by atomic mass is 15.2. The van der Waals surface area contributed by atoms with Crippen LogP contribution in [0.25, 0.3) is 0 Å². The van der Waals surface area contributed by atoms with Gasteiger partial charge in [-0.15, -0.1) is 0 Å². The molecular weight excluding hydrogens is 240 g/mol. The largest absolute Gasteiger partial charge is 0.369 e. The second-order valence-corrected chi connectivity index (χ2v) is 4.45. The quantitative estimate of drug-likeness (QED) is 0.826. The number of rotatable bonds is 6. The Morgan fingerprint density at radius 3 is 2.79 bits per heavy atom. The molecule has 6 heteroatoms. The molecule has 0 aromatic carbocycles. The highest BCUT2D eigenvalue weighted by Gasteiger charge is 2.03. The summed E-state index contributed by atoms with van der Waals surface area (Å²) in [7, 11) is 1.92. The normalized spacial score (nSPS) is 10.5. The van der Waals surface area contributed by atoms with E-state index in [0.29, 0.717) is 5.95 Å². The minimum atomic E-state index is 0.664. The summed E-state index contributed by atoms with van der Waals surface area (Å²) >= 11 is 0. The van der Waals surface area contributed by atoms with Gasteiger partial charge >= 0.3 is 0 Å². The maximum absolute atomic E-state index is 4.44. The van der Waals surface area contributed by atoms with Crippen LogP contribution in [0.4, 0.5) is 11.8 Å². The summed E-state index contributed by atoms with van der Waals surface area (Å²) in [5.41, 5.74) is 2.27. The molecule has 0 saturated carbocycles. The van der Waals surface area contributed by atoms with Crippen LogP contribution in [-0.4, -0.2) is 32.8 Å². The van der Waals surface area contributed by atoms with Crippen molar-refractivity contribution in [2.75, 3.05) is 23.7 Å². The van der Waals surface area contributed by atoms with E-state index >= 15 is 0 Å². The first-order chi connectivity index (χ1) is 9.19. The number of nitrogens with zero attached hydrogens (tertiary/aromatic N) is 4. The zero-order valence-corrected chi connectivity index (χ0v) is 11.6. The molecule has 0 aliphatic carbocycles. The maximum Gasteiger partial charge on any atom is 0.224 e. The summed E-state index contributed by atoms with van der Waals surface area (Å²) in [6, 6.07) is 0. The molecule has 0 spiro atoms. The number of anilines is 2. The van der Waals surface area contributed by atoms with E-state index in [2.05, 4.69) is 25.7 Å². The summed E-state index contributed by atoms with van der Waals surface area (Å²) < 4.78 is 1.81. The van der Waals surface area contributed by atoms with Crippen LogP contribution < -0.4 is 10.6 Å². The molecule has 0 amide bonds. The van der Waals surface area contributed by atoms with Gasteiger partial charge in [0.25, 0.3) is 0 Å². The van der Waals surface area contributed by atoms with Crippen LogP contribution in [0.5, 0.6) is 0 Å². The second-order valence-electron chi connectivity index (χ2n) is 4.45. The zero-order chi connectivity index (χ0) is 13.7. The Bertz CT molecular complexity index is 534. The lowest BCUT2D eigenvalue weighted by molar-refractivity contribution is 0.767. The number of nitrogens with one attached hydrogen (secondary N) is 2. The van der Waals surface area contributed by atoms with Gasteiger partial charge in [0.15, 0.2) is 0 Å². The fourth-order valence-corrected chi connectivity index (χ4v) is 1.79. The minimum Gasteiger partial charge on any atom is -0.369 e. The fraction of sp³-hybridized carbons (Fsp3) is 0.462. The van der Waals surface area contributed by atoms with Gasteiger partial charge in [0, 0.05) is 38.1 Å². The van der Waals surface area contributed by atoms with Crippen LogP contribution in [-0.2, 0) is 13.5 Å². The third-order valence-corrected chi connectivity index (χ3v) is 2.77. The highest BCUT2D eigenvalue weighted by molar-refractivity contribution is 5.46. The van der Waals surface area contributed by atoms with Crippen molar-refractivity contribution in [1.29, 1.82) is 0 Å². The maximum atomic E-state index is 4.44. The van der Waals surface area contributed by atoms with E-state index in [1.165, 1.54) is 5.56 Å². The van der Waals surface area contributed by atoms with Crippen LogP contribution in [0, 0.1) is 6.92 Å². The molecule has 0 fully saturated rings. The van der Waals surface area contributed by atoms with Gasteiger partial charge in [0.05, 0.1) is 6.20 Å². The van der Waals surface area contributed by atoms with Crippen molar-refractivity contribution in [2.45, 2.75) is 20.3 Å². The van der Waals surface area contributed by atoms with E-state index < -0.39 is 0 Å². The number of hydrogen-bond acceptors (Lipinski definition) is 5. The van der Waals surface area contributed by atoms with Gasteiger partial charge in [-0.05, 0) is 25.8 Å². The monoisotopic (exact) mass is 260 g/mol. The van der Waals surface area contributed by atoms with Gasteiger partial charge < -0.3 is 10.6 Å². The standard InChI is InChI=1S/C13H20N6/c1-4-14-13-16-7-10(2)12(18-13)15-6-5-11-8-17-19(3)9-11/h7-9H,4-6H2,1-3H3,(H2,14,15,16,18). The fourth-order valence-electron chi connectivity index (χ4n) is 1.79. The number of aryl methyl sites for hydroxylation is 2. The molecule has 19 heavy (non-hydrogen) atoms. The summed E-state index contributed by atoms with van der Waals surface area (Å²) in [5.74, 6) is 1.55. The van der Waals surface area contributed by atoms with Gasteiger partial charge in [0.2, 0.25) is 5.95 Å². The molecule has 0 aliphatic heterocycles. The molecule has 2 aromatic rings. The predicted molar refractivity (Wildman–Crippen MR) is 76.3 cm³/mol. The lowest BCUT2D eigenvalue weighted by atomic mass is 10.2. The summed E-state index contributed by atoms with van der Waals surface area (Å²) in [4.78, 5) is 8.67. The van der Waals surface area contributed by atoms with E-state index in [0.717, 1.165) is 30.9 Å². The molecule has 2 aromatic heterocycles. The van der Waals surface area contributed by atoms with Crippen molar-refractivity contribution >= 4 is 11.8 Å². The number of aromatic nitrogens is 4. The third kappa shape index (κ3) is 3.67. The molecule has 102 valence electrons. The molecule has 0 unspecified atom stereocenters. The van der Waals surface area contributed by atoms with Gasteiger partial charge in [0.1, 0.15) is 5.82 Å². The lowest BCUT2D eigenvalue weighted by Gasteiger charge is -2.09. The van der Waals surface area contributed by atoms with Crippen LogP contribution in [0.3, 0.4) is 0 Å². The van der Waals surface area contributed by atoms with Crippen molar-refractivity contribution in [3.05, 3.63) is 29.7 Å². The molecule has 2 rings (SSSR count). The van der Waals surface area contributed by atoms with Crippen LogP contribution >= 0.6 is 0 Å². The molecule has 0 aliphatic rings. The zero-order valence-electron chi connectivity index (χ0n) is 11.6. The van der Waals surface area contributed by atoms with Gasteiger partial charge in [-0.3, -0.25) is 4.68 Å². The van der Waals surface area contributed by atoms with E-state index in [4.69, 9.17) is 0 Å². The first kappa shape index (κ1) is 13.3. The summed E-state index contributed by atoms with van der Waals surface area (Å²) in [5, 5.41) is 10.6. The molecule has 0 bridgehead atoms. The van der Waals surface area contributed by atoms with Crippen LogP contribution in [0.2, 0.25) is 0 Å². The average Bonchev–Trinajstić information content (AvgIpc) is 2.79. The van der Waals surface area contributed by atoms with E-state index in [1.807, 2.05) is 44.2 Å². The van der Waals surface area contributed by atoms with Gasteiger partial charge in [-0.25, -0.2) is 4.98 Å². The lowest BCUT2D eigenvalue weighted by Crippen LogP contribution is -2.10. The van der Waals surface area contributed by atoms with Crippen molar-refractivity contribution < 1.29 is 0 Å².